The third-order valence-corrected chi connectivity index (χ3v) is 7.67. The summed E-state index contributed by atoms with van der Waals surface area (Å²) in [7, 11) is -3.98. The molecule has 3 heterocycles. The van der Waals surface area contributed by atoms with Crippen molar-refractivity contribution in [1.29, 1.82) is 0 Å². The monoisotopic (exact) mass is 554 g/mol. The lowest BCUT2D eigenvalue weighted by molar-refractivity contribution is 0.434. The minimum atomic E-state index is -3.98. The molecule has 0 fully saturated rings. The molecule has 0 aliphatic rings. The number of para-hydroxylation sites is 1. The van der Waals surface area contributed by atoms with E-state index in [9.17, 15) is 17.9 Å². The highest BCUT2D eigenvalue weighted by Crippen LogP contribution is 2.39. The van der Waals surface area contributed by atoms with Gasteiger partial charge in [-0.25, -0.2) is 21.8 Å². The summed E-state index contributed by atoms with van der Waals surface area (Å²) in [6.45, 7) is 13.9. The summed E-state index contributed by atoms with van der Waals surface area (Å²) in [5.74, 6) is -1.33. The van der Waals surface area contributed by atoms with Gasteiger partial charge in [-0.15, -0.1) is 0 Å². The third-order valence-electron chi connectivity index (χ3n) is 5.32. The zero-order valence-corrected chi connectivity index (χ0v) is 24.5. The molecule has 3 aromatic heterocycles. The van der Waals surface area contributed by atoms with Crippen molar-refractivity contribution >= 4 is 32.4 Å². The van der Waals surface area contributed by atoms with Gasteiger partial charge in [-0.3, -0.25) is 0 Å². The van der Waals surface area contributed by atoms with Crippen LogP contribution in [0, 0.1) is 12.7 Å². The molecule has 0 radical (unpaired) electrons. The number of thiophene rings is 1. The number of benzene rings is 2. The van der Waals surface area contributed by atoms with E-state index in [4.69, 9.17) is 0 Å². The Morgan fingerprint density at radius 3 is 2.16 bits per heavy atom. The van der Waals surface area contributed by atoms with Crippen LogP contribution in [0.2, 0.25) is 0 Å². The van der Waals surface area contributed by atoms with Gasteiger partial charge in [0.25, 0.3) is 10.0 Å². The quantitative estimate of drug-likeness (QED) is 0.241. The molecule has 0 atom stereocenters. The van der Waals surface area contributed by atoms with E-state index in [-0.39, 0.29) is 16.1 Å². The zero-order chi connectivity index (χ0) is 28.5. The van der Waals surface area contributed by atoms with Gasteiger partial charge in [-0.1, -0.05) is 71.4 Å². The lowest BCUT2D eigenvalue weighted by atomic mass is 10.0. The van der Waals surface area contributed by atoms with E-state index < -0.39 is 21.6 Å². The maximum absolute atomic E-state index is 14.1. The van der Waals surface area contributed by atoms with Gasteiger partial charge >= 0.3 is 0 Å². The molecule has 202 valence electrons. The standard InChI is InChI=1S/C24H17FN2O3S2.3C2H6/c1-15-5-7-18(8-6-15)32(29,30)27-13-21(19-3-2-4-22(25)23(19)28)20-11-17(12-26-24(20)27)16-9-10-31-14-16;3*1-2/h2-14,28H,1H3;3*1-2H3. The van der Waals surface area contributed by atoms with Crippen molar-refractivity contribution in [2.24, 2.45) is 0 Å². The molecule has 0 saturated carbocycles. The number of hydrogen-bond acceptors (Lipinski definition) is 5. The number of aromatic nitrogens is 2. The van der Waals surface area contributed by atoms with Crippen LogP contribution in [0.15, 0.2) is 82.6 Å². The molecule has 0 aliphatic carbocycles. The highest BCUT2D eigenvalue weighted by Gasteiger charge is 2.24. The molecule has 5 nitrogen and oxygen atoms in total. The first-order chi connectivity index (χ1) is 18.4. The summed E-state index contributed by atoms with van der Waals surface area (Å²) in [4.78, 5) is 4.57. The number of phenols is 1. The Balaban J connectivity index is 0.000000791. The molecular weight excluding hydrogens is 519 g/mol. The predicted octanol–water partition coefficient (Wildman–Crippen LogP) is 8.90. The number of rotatable bonds is 4. The third kappa shape index (κ3) is 6.14. The van der Waals surface area contributed by atoms with Crippen molar-refractivity contribution in [2.45, 2.75) is 53.4 Å². The second-order valence-electron chi connectivity index (χ2n) is 7.40. The smallest absolute Gasteiger partial charge is 0.269 e. The molecule has 0 bridgehead atoms. The summed E-state index contributed by atoms with van der Waals surface area (Å²) in [5, 5.41) is 14.8. The van der Waals surface area contributed by atoms with E-state index in [1.807, 2.05) is 71.4 Å². The van der Waals surface area contributed by atoms with Crippen LogP contribution in [0.3, 0.4) is 0 Å². The number of fused-ring (bicyclic) bond motifs is 1. The minimum absolute atomic E-state index is 0.110. The summed E-state index contributed by atoms with van der Waals surface area (Å²) in [6.07, 6.45) is 3.00. The molecular formula is C30H35FN2O3S2. The Morgan fingerprint density at radius 1 is 0.895 bits per heavy atom. The summed E-state index contributed by atoms with van der Waals surface area (Å²) < 4.78 is 42.1. The van der Waals surface area contributed by atoms with Crippen LogP contribution >= 0.6 is 11.3 Å². The van der Waals surface area contributed by atoms with Gasteiger partial charge in [0.05, 0.1) is 4.90 Å². The summed E-state index contributed by atoms with van der Waals surface area (Å²) >= 11 is 1.53. The normalized spacial score (nSPS) is 10.4. The van der Waals surface area contributed by atoms with Gasteiger partial charge < -0.3 is 5.11 Å². The number of hydrogen-bond donors (Lipinski definition) is 1. The van der Waals surface area contributed by atoms with Crippen molar-refractivity contribution < 1.29 is 17.9 Å². The Bertz CT molecular complexity index is 1560. The molecule has 5 rings (SSSR count). The molecule has 0 spiro atoms. The number of phenolic OH excluding ortho intramolecular Hbond substituents is 1. The lowest BCUT2D eigenvalue weighted by Crippen LogP contribution is -2.12. The average molecular weight is 555 g/mol. The fourth-order valence-electron chi connectivity index (χ4n) is 3.62. The molecule has 8 heteroatoms. The first kappa shape index (κ1) is 30.7. The molecule has 0 unspecified atom stereocenters. The second kappa shape index (κ2) is 13.9. The van der Waals surface area contributed by atoms with E-state index in [2.05, 4.69) is 4.98 Å². The number of pyridine rings is 1. The Kier molecular flexibility index (Phi) is 11.2. The Hall–Kier alpha value is -3.49. The SMILES string of the molecule is CC.CC.CC.Cc1ccc(S(=O)(=O)n2cc(-c3cccc(F)c3O)c3cc(-c4ccsc4)cnc32)cc1. The number of nitrogens with zero attached hydrogens (tertiary/aromatic N) is 2. The van der Waals surface area contributed by atoms with Gasteiger partial charge in [0.1, 0.15) is 0 Å². The summed E-state index contributed by atoms with van der Waals surface area (Å²) in [6, 6.07) is 14.4. The second-order valence-corrected chi connectivity index (χ2v) is 9.99. The highest BCUT2D eigenvalue weighted by molar-refractivity contribution is 7.90. The van der Waals surface area contributed by atoms with Crippen LogP contribution in [-0.4, -0.2) is 22.5 Å². The van der Waals surface area contributed by atoms with E-state index in [1.54, 1.807) is 24.4 Å². The van der Waals surface area contributed by atoms with Crippen molar-refractivity contribution in [3.63, 3.8) is 0 Å². The fourth-order valence-corrected chi connectivity index (χ4v) is 5.61. The van der Waals surface area contributed by atoms with E-state index in [0.29, 0.717) is 10.9 Å². The van der Waals surface area contributed by atoms with E-state index >= 15 is 0 Å². The van der Waals surface area contributed by atoms with Crippen molar-refractivity contribution in [2.75, 3.05) is 0 Å². The first-order valence-corrected chi connectivity index (χ1v) is 15.1. The number of aryl methyl sites for hydroxylation is 1. The number of halogens is 1. The van der Waals surface area contributed by atoms with Gasteiger partial charge in [-0.2, -0.15) is 11.3 Å². The van der Waals surface area contributed by atoms with Crippen LogP contribution in [0.25, 0.3) is 33.3 Å². The average Bonchev–Trinajstić information content (AvgIpc) is 3.63. The van der Waals surface area contributed by atoms with E-state index in [1.165, 1.54) is 35.7 Å². The zero-order valence-electron chi connectivity index (χ0n) is 22.9. The molecule has 5 aromatic rings. The van der Waals surface area contributed by atoms with Crippen molar-refractivity contribution in [3.05, 3.63) is 89.1 Å². The maximum atomic E-state index is 14.1. The minimum Gasteiger partial charge on any atom is -0.504 e. The molecule has 1 N–H and O–H groups in total. The van der Waals surface area contributed by atoms with Gasteiger partial charge in [-0.05, 0) is 53.6 Å². The van der Waals surface area contributed by atoms with Crippen molar-refractivity contribution in [3.8, 4) is 28.0 Å². The molecule has 38 heavy (non-hydrogen) atoms. The van der Waals surface area contributed by atoms with E-state index in [0.717, 1.165) is 26.7 Å². The molecule has 0 saturated heterocycles. The Labute approximate surface area is 229 Å². The fraction of sp³-hybridized carbons (Fsp3) is 0.233. The van der Waals surface area contributed by atoms with Crippen LogP contribution in [0.1, 0.15) is 47.1 Å². The van der Waals surface area contributed by atoms with Gasteiger partial charge in [0, 0.05) is 34.5 Å². The molecule has 0 aliphatic heterocycles. The lowest BCUT2D eigenvalue weighted by Gasteiger charge is -2.07. The maximum Gasteiger partial charge on any atom is 0.269 e. The van der Waals surface area contributed by atoms with Crippen LogP contribution in [0.5, 0.6) is 5.75 Å². The van der Waals surface area contributed by atoms with Crippen LogP contribution in [0.4, 0.5) is 4.39 Å². The molecule has 0 amide bonds. The number of aromatic hydroxyl groups is 1. The topological polar surface area (TPSA) is 72.2 Å². The van der Waals surface area contributed by atoms with Gasteiger partial charge in [0.2, 0.25) is 0 Å². The first-order valence-electron chi connectivity index (χ1n) is 12.7. The molecule has 2 aromatic carbocycles. The summed E-state index contributed by atoms with van der Waals surface area (Å²) in [5.41, 5.74) is 3.43. The van der Waals surface area contributed by atoms with Crippen molar-refractivity contribution in [1.82, 2.24) is 8.96 Å². The largest absolute Gasteiger partial charge is 0.504 e. The van der Waals surface area contributed by atoms with Crippen LogP contribution in [-0.2, 0) is 10.0 Å². The van der Waals surface area contributed by atoms with Gasteiger partial charge in [0.15, 0.2) is 17.2 Å². The predicted molar refractivity (Wildman–Crippen MR) is 158 cm³/mol. The van der Waals surface area contributed by atoms with Crippen LogP contribution < -0.4 is 0 Å². The highest BCUT2D eigenvalue weighted by atomic mass is 32.2. The Morgan fingerprint density at radius 2 is 1.55 bits per heavy atom.